The third kappa shape index (κ3) is 4.31. The highest BCUT2D eigenvalue weighted by atomic mass is 16.5. The minimum absolute atomic E-state index is 0.317. The summed E-state index contributed by atoms with van der Waals surface area (Å²) in [5.41, 5.74) is 4.39. The van der Waals surface area contributed by atoms with Crippen LogP contribution in [0.15, 0.2) is 54.6 Å². The lowest BCUT2D eigenvalue weighted by Crippen LogP contribution is -2.06. The summed E-state index contributed by atoms with van der Waals surface area (Å²) >= 11 is 0. The third-order valence-corrected chi connectivity index (χ3v) is 4.26. The number of esters is 1. The van der Waals surface area contributed by atoms with Crippen molar-refractivity contribution < 1.29 is 9.53 Å². The van der Waals surface area contributed by atoms with Crippen LogP contribution in [0, 0.1) is 6.92 Å². The van der Waals surface area contributed by atoms with Gasteiger partial charge in [0.1, 0.15) is 5.82 Å². The maximum Gasteiger partial charge on any atom is 0.338 e. The lowest BCUT2D eigenvalue weighted by Gasteiger charge is -2.14. The van der Waals surface area contributed by atoms with Gasteiger partial charge < -0.3 is 10.1 Å². The van der Waals surface area contributed by atoms with Crippen molar-refractivity contribution in [3.63, 3.8) is 0 Å². The van der Waals surface area contributed by atoms with E-state index in [0.717, 1.165) is 34.7 Å². The van der Waals surface area contributed by atoms with Crippen LogP contribution in [0.5, 0.6) is 0 Å². The molecule has 3 rings (SSSR count). The molecule has 0 saturated carbocycles. The number of hydrogen-bond acceptors (Lipinski definition) is 5. The standard InChI is InChI=1S/C22H23N3O2/c1-4-19-15(3)23-20(16-9-7-6-8-10-16)25-21(19)24-18-13-11-17(12-14-18)22(26)27-5-2/h6-14H,4-5H2,1-3H3,(H,23,24,25). The van der Waals surface area contributed by atoms with E-state index < -0.39 is 0 Å². The molecule has 0 bridgehead atoms. The molecule has 0 aliphatic rings. The van der Waals surface area contributed by atoms with Crippen molar-refractivity contribution in [2.24, 2.45) is 0 Å². The van der Waals surface area contributed by atoms with E-state index in [9.17, 15) is 4.79 Å². The molecule has 27 heavy (non-hydrogen) atoms. The molecule has 1 N–H and O–H groups in total. The van der Waals surface area contributed by atoms with Gasteiger partial charge in [-0.25, -0.2) is 14.8 Å². The van der Waals surface area contributed by atoms with Gasteiger partial charge in [-0.15, -0.1) is 0 Å². The fourth-order valence-electron chi connectivity index (χ4n) is 2.88. The number of nitrogens with one attached hydrogen (secondary N) is 1. The normalized spacial score (nSPS) is 10.5. The molecule has 0 radical (unpaired) electrons. The highest BCUT2D eigenvalue weighted by Gasteiger charge is 2.12. The minimum Gasteiger partial charge on any atom is -0.462 e. The molecular weight excluding hydrogens is 338 g/mol. The molecule has 1 heterocycles. The Morgan fingerprint density at radius 3 is 2.33 bits per heavy atom. The van der Waals surface area contributed by atoms with Gasteiger partial charge in [0.05, 0.1) is 12.2 Å². The first-order valence-corrected chi connectivity index (χ1v) is 9.09. The monoisotopic (exact) mass is 361 g/mol. The number of aromatic nitrogens is 2. The number of rotatable bonds is 6. The summed E-state index contributed by atoms with van der Waals surface area (Å²) < 4.78 is 5.02. The Bertz CT molecular complexity index is 922. The number of carbonyl (C=O) groups is 1. The summed E-state index contributed by atoms with van der Waals surface area (Å²) in [5.74, 6) is 1.16. The third-order valence-electron chi connectivity index (χ3n) is 4.26. The number of ether oxygens (including phenoxy) is 1. The molecule has 0 fully saturated rings. The molecule has 1 aromatic heterocycles. The highest BCUT2D eigenvalue weighted by molar-refractivity contribution is 5.89. The summed E-state index contributed by atoms with van der Waals surface area (Å²) in [6, 6.07) is 17.1. The Labute approximate surface area is 159 Å². The van der Waals surface area contributed by atoms with Crippen molar-refractivity contribution in [2.75, 3.05) is 11.9 Å². The van der Waals surface area contributed by atoms with Crippen LogP contribution >= 0.6 is 0 Å². The van der Waals surface area contributed by atoms with Crippen LogP contribution < -0.4 is 5.32 Å². The molecule has 3 aromatic rings. The van der Waals surface area contributed by atoms with Crippen LogP contribution in [0.4, 0.5) is 11.5 Å². The smallest absolute Gasteiger partial charge is 0.338 e. The van der Waals surface area contributed by atoms with Crippen molar-refractivity contribution in [3.05, 3.63) is 71.4 Å². The molecule has 5 nitrogen and oxygen atoms in total. The Hall–Kier alpha value is -3.21. The molecule has 0 saturated heterocycles. The molecule has 0 aliphatic carbocycles. The van der Waals surface area contributed by atoms with Gasteiger partial charge in [0.15, 0.2) is 5.82 Å². The number of hydrogen-bond donors (Lipinski definition) is 1. The van der Waals surface area contributed by atoms with E-state index in [0.29, 0.717) is 18.0 Å². The maximum atomic E-state index is 11.8. The fraction of sp³-hybridized carbons (Fsp3) is 0.227. The first-order valence-electron chi connectivity index (χ1n) is 9.09. The van der Waals surface area contributed by atoms with Gasteiger partial charge in [0.25, 0.3) is 0 Å². The van der Waals surface area contributed by atoms with E-state index >= 15 is 0 Å². The Balaban J connectivity index is 1.91. The number of anilines is 2. The molecule has 138 valence electrons. The Kier molecular flexibility index (Phi) is 5.81. The van der Waals surface area contributed by atoms with Crippen LogP contribution in [0.1, 0.15) is 35.5 Å². The van der Waals surface area contributed by atoms with Crippen molar-refractivity contribution in [1.82, 2.24) is 9.97 Å². The summed E-state index contributed by atoms with van der Waals surface area (Å²) in [7, 11) is 0. The number of carbonyl (C=O) groups excluding carboxylic acids is 1. The van der Waals surface area contributed by atoms with Crippen molar-refractivity contribution >= 4 is 17.5 Å². The quantitative estimate of drug-likeness (QED) is 0.630. The molecule has 0 aliphatic heterocycles. The van der Waals surface area contributed by atoms with Crippen molar-refractivity contribution in [3.8, 4) is 11.4 Å². The second-order valence-corrected chi connectivity index (χ2v) is 6.10. The van der Waals surface area contributed by atoms with Crippen LogP contribution in [0.25, 0.3) is 11.4 Å². The van der Waals surface area contributed by atoms with Crippen LogP contribution in [-0.2, 0) is 11.2 Å². The van der Waals surface area contributed by atoms with E-state index in [1.54, 1.807) is 19.1 Å². The van der Waals surface area contributed by atoms with E-state index in [4.69, 9.17) is 9.72 Å². The van der Waals surface area contributed by atoms with E-state index in [-0.39, 0.29) is 5.97 Å². The maximum absolute atomic E-state index is 11.8. The zero-order valence-corrected chi connectivity index (χ0v) is 15.8. The fourth-order valence-corrected chi connectivity index (χ4v) is 2.88. The van der Waals surface area contributed by atoms with Crippen LogP contribution in [-0.4, -0.2) is 22.5 Å². The predicted molar refractivity (Wildman–Crippen MR) is 107 cm³/mol. The average Bonchev–Trinajstić information content (AvgIpc) is 2.69. The van der Waals surface area contributed by atoms with Crippen LogP contribution in [0.3, 0.4) is 0 Å². The minimum atomic E-state index is -0.317. The second-order valence-electron chi connectivity index (χ2n) is 6.10. The highest BCUT2D eigenvalue weighted by Crippen LogP contribution is 2.25. The summed E-state index contributed by atoms with van der Waals surface area (Å²) in [6.45, 7) is 6.24. The average molecular weight is 361 g/mol. The van der Waals surface area contributed by atoms with Gasteiger partial charge >= 0.3 is 5.97 Å². The van der Waals surface area contributed by atoms with E-state index in [1.807, 2.05) is 49.4 Å². The molecule has 5 heteroatoms. The molecule has 2 aromatic carbocycles. The lowest BCUT2D eigenvalue weighted by molar-refractivity contribution is 0.0526. The lowest BCUT2D eigenvalue weighted by atomic mass is 10.1. The zero-order valence-electron chi connectivity index (χ0n) is 15.8. The summed E-state index contributed by atoms with van der Waals surface area (Å²) in [4.78, 5) is 21.2. The van der Waals surface area contributed by atoms with Crippen LogP contribution in [0.2, 0.25) is 0 Å². The molecule has 0 spiro atoms. The number of benzene rings is 2. The molecular formula is C22H23N3O2. The van der Waals surface area contributed by atoms with Crippen molar-refractivity contribution in [1.29, 1.82) is 0 Å². The van der Waals surface area contributed by atoms with Gasteiger partial charge in [-0.2, -0.15) is 0 Å². The molecule has 0 atom stereocenters. The SMILES string of the molecule is CCOC(=O)c1ccc(Nc2nc(-c3ccccc3)nc(C)c2CC)cc1. The Morgan fingerprint density at radius 2 is 1.70 bits per heavy atom. The van der Waals surface area contributed by atoms with E-state index in [2.05, 4.69) is 17.2 Å². The largest absolute Gasteiger partial charge is 0.462 e. The van der Waals surface area contributed by atoms with Gasteiger partial charge in [-0.1, -0.05) is 37.3 Å². The summed E-state index contributed by atoms with van der Waals surface area (Å²) in [5, 5.41) is 3.37. The predicted octanol–water partition coefficient (Wildman–Crippen LogP) is 4.93. The van der Waals surface area contributed by atoms with E-state index in [1.165, 1.54) is 0 Å². The topological polar surface area (TPSA) is 64.1 Å². The Morgan fingerprint density at radius 1 is 1.00 bits per heavy atom. The van der Waals surface area contributed by atoms with Gasteiger partial charge in [0, 0.05) is 22.5 Å². The van der Waals surface area contributed by atoms with Crippen molar-refractivity contribution in [2.45, 2.75) is 27.2 Å². The van der Waals surface area contributed by atoms with Gasteiger partial charge in [0.2, 0.25) is 0 Å². The zero-order chi connectivity index (χ0) is 19.2. The van der Waals surface area contributed by atoms with Gasteiger partial charge in [-0.3, -0.25) is 0 Å². The first kappa shape index (κ1) is 18.6. The van der Waals surface area contributed by atoms with Gasteiger partial charge in [-0.05, 0) is 44.5 Å². The molecule has 0 unspecified atom stereocenters. The summed E-state index contributed by atoms with van der Waals surface area (Å²) in [6.07, 6.45) is 0.824. The number of aryl methyl sites for hydroxylation is 1. The first-order chi connectivity index (χ1) is 13.1. The molecule has 0 amide bonds. The second kappa shape index (κ2) is 8.45. The number of nitrogens with zero attached hydrogens (tertiary/aromatic N) is 2.